The fourth-order valence-electron chi connectivity index (χ4n) is 6.41. The molecule has 6 aromatic rings. The van der Waals surface area contributed by atoms with Gasteiger partial charge in [-0.15, -0.1) is 0 Å². The number of aromatic nitrogens is 4. The first-order valence-electron chi connectivity index (χ1n) is 17.2. The van der Waals surface area contributed by atoms with Gasteiger partial charge in [-0.2, -0.15) is 5.10 Å². The van der Waals surface area contributed by atoms with Crippen LogP contribution in [0, 0.1) is 24.4 Å². The normalized spacial score (nSPS) is 12.6. The first-order chi connectivity index (χ1) is 26.2. The highest BCUT2D eigenvalue weighted by Gasteiger charge is 2.31. The Bertz CT molecular complexity index is 2660. The van der Waals surface area contributed by atoms with Crippen molar-refractivity contribution in [3.63, 3.8) is 0 Å². The van der Waals surface area contributed by atoms with Gasteiger partial charge in [-0.3, -0.25) is 14.0 Å². The Morgan fingerprint density at radius 3 is 2.27 bits per heavy atom. The molecule has 0 fully saturated rings. The molecule has 12 nitrogen and oxygen atoms in total. The van der Waals surface area contributed by atoms with Crippen LogP contribution in [0.15, 0.2) is 71.5 Å². The van der Waals surface area contributed by atoms with E-state index in [1.165, 1.54) is 44.0 Å². The average molecular weight is 811 g/mol. The van der Waals surface area contributed by atoms with E-state index in [9.17, 15) is 26.8 Å². The summed E-state index contributed by atoms with van der Waals surface area (Å²) in [6.07, 6.45) is -0.228. The molecule has 1 atom stereocenters. The summed E-state index contributed by atoms with van der Waals surface area (Å²) in [6, 6.07) is 13.6. The number of alkyl carbamates (subject to hydrolysis) is 1. The number of methoxy groups -OCH3 is 1. The lowest BCUT2D eigenvalue weighted by molar-refractivity contribution is 0.0500. The molecule has 17 heteroatoms. The summed E-state index contributed by atoms with van der Waals surface area (Å²) in [4.78, 5) is 32.9. The number of halogens is 4. The van der Waals surface area contributed by atoms with Gasteiger partial charge in [-0.1, -0.05) is 23.7 Å². The summed E-state index contributed by atoms with van der Waals surface area (Å²) in [6.45, 7) is 6.21. The molecule has 56 heavy (non-hydrogen) atoms. The first kappa shape index (κ1) is 40.1. The smallest absolute Gasteiger partial charge is 0.408 e. The molecule has 294 valence electrons. The van der Waals surface area contributed by atoms with Gasteiger partial charge >= 0.3 is 6.09 Å². The lowest BCUT2D eigenvalue weighted by Gasteiger charge is -2.26. The van der Waals surface area contributed by atoms with Crippen molar-refractivity contribution in [3.8, 4) is 11.4 Å². The van der Waals surface area contributed by atoms with Gasteiger partial charge in [0.2, 0.25) is 10.0 Å². The van der Waals surface area contributed by atoms with Crippen LogP contribution in [0.25, 0.3) is 27.5 Å². The number of carbonyl (C=O) groups is 1. The van der Waals surface area contributed by atoms with Crippen LogP contribution in [-0.2, 0) is 34.8 Å². The zero-order valence-electron chi connectivity index (χ0n) is 31.4. The first-order valence-corrected chi connectivity index (χ1v) is 19.4. The maximum Gasteiger partial charge on any atom is 0.408 e. The van der Waals surface area contributed by atoms with Gasteiger partial charge in [-0.25, -0.2) is 35.7 Å². The van der Waals surface area contributed by atoms with Crippen LogP contribution in [-0.4, -0.2) is 52.8 Å². The molecule has 1 amide bonds. The number of fused-ring (bicyclic) bond motifs is 2. The molecule has 0 bridgehead atoms. The second kappa shape index (κ2) is 15.1. The number of amides is 1. The number of benzene rings is 4. The average Bonchev–Trinajstić information content (AvgIpc) is 3.44. The van der Waals surface area contributed by atoms with Crippen LogP contribution in [0.4, 0.5) is 23.8 Å². The van der Waals surface area contributed by atoms with E-state index in [0.717, 1.165) is 33.3 Å². The van der Waals surface area contributed by atoms with Crippen molar-refractivity contribution in [2.75, 3.05) is 17.7 Å². The number of hydrogen-bond donors (Lipinski definition) is 1. The third kappa shape index (κ3) is 8.16. The van der Waals surface area contributed by atoms with E-state index in [1.54, 1.807) is 45.0 Å². The van der Waals surface area contributed by atoms with Gasteiger partial charge in [0.05, 0.1) is 58.5 Å². The molecule has 2 aromatic heterocycles. The third-order valence-corrected chi connectivity index (χ3v) is 10.3. The molecule has 0 unspecified atom stereocenters. The van der Waals surface area contributed by atoms with E-state index < -0.39 is 50.8 Å². The van der Waals surface area contributed by atoms with Gasteiger partial charge in [0, 0.05) is 25.1 Å². The lowest BCUT2D eigenvalue weighted by atomic mass is 10.0. The van der Waals surface area contributed by atoms with Crippen LogP contribution in [0.2, 0.25) is 5.02 Å². The second-order valence-corrected chi connectivity index (χ2v) is 16.5. The number of carbonyl (C=O) groups excluding carboxylic acids is 1. The quantitative estimate of drug-likeness (QED) is 0.151. The Labute approximate surface area is 325 Å². The molecule has 0 radical (unpaired) electrons. The Hall–Kier alpha value is -5.61. The monoisotopic (exact) mass is 810 g/mol. The predicted molar refractivity (Wildman–Crippen MR) is 208 cm³/mol. The highest BCUT2D eigenvalue weighted by Crippen LogP contribution is 2.38. The molecular weight excluding hydrogens is 773 g/mol. The molecule has 1 N–H and O–H groups in total. The highest BCUT2D eigenvalue weighted by atomic mass is 35.5. The molecule has 4 aromatic carbocycles. The summed E-state index contributed by atoms with van der Waals surface area (Å²) < 4.78 is 85.3. The fourth-order valence-corrected chi connectivity index (χ4v) is 7.47. The van der Waals surface area contributed by atoms with Gasteiger partial charge in [0.15, 0.2) is 5.82 Å². The minimum atomic E-state index is -4.01. The molecule has 0 aliphatic rings. The number of anilines is 1. The maximum atomic E-state index is 15.0. The zero-order chi connectivity index (χ0) is 40.9. The van der Waals surface area contributed by atoms with Crippen LogP contribution < -0.4 is 19.9 Å². The molecule has 0 saturated carbocycles. The molecule has 2 heterocycles. The van der Waals surface area contributed by atoms with Crippen molar-refractivity contribution in [1.29, 1.82) is 0 Å². The highest BCUT2D eigenvalue weighted by molar-refractivity contribution is 7.92. The number of nitrogens with zero attached hydrogens (tertiary/aromatic N) is 5. The number of sulfonamides is 1. The SMILES string of the molecule is COc1ccc(CN(c2nn(C)c3c(-n4c([C@H](Cc5cc(F)cc(F)c5)NC(=O)OC(C)(C)C)nc5c(C)c(F)ccc5c4=O)ccc(Cl)c23)S(C)(=O)=O)cc1. The van der Waals surface area contributed by atoms with Crippen molar-refractivity contribution in [2.24, 2.45) is 7.05 Å². The summed E-state index contributed by atoms with van der Waals surface area (Å²) in [5, 5.41) is 7.55. The summed E-state index contributed by atoms with van der Waals surface area (Å²) in [5.41, 5.74) is -0.694. The largest absolute Gasteiger partial charge is 0.497 e. The standard InChI is InChI=1S/C39H38ClF3N6O6S/c1-21-29(43)14-12-27-33(21)45-35(30(44-38(51)55-39(2,3)4)18-23-16-24(41)19-25(42)17-23)49(37(27)50)31-15-13-28(40)32-34(31)47(5)46-36(32)48(56(7,52)53)20-22-8-10-26(54-6)11-9-22/h8-17,19,30H,18,20H2,1-7H3,(H,44,51)/t30-/m0/s1. The number of nitrogens with one attached hydrogen (secondary N) is 1. The molecular formula is C39H38ClF3N6O6S. The minimum Gasteiger partial charge on any atom is -0.497 e. The number of aryl methyl sites for hydroxylation is 2. The minimum absolute atomic E-state index is 0.00299. The van der Waals surface area contributed by atoms with E-state index in [2.05, 4.69) is 10.4 Å². The number of ether oxygens (including phenoxy) is 2. The van der Waals surface area contributed by atoms with Crippen LogP contribution in [0.3, 0.4) is 0 Å². The van der Waals surface area contributed by atoms with E-state index in [1.807, 2.05) is 0 Å². The predicted octanol–water partition coefficient (Wildman–Crippen LogP) is 7.43. The summed E-state index contributed by atoms with van der Waals surface area (Å²) in [5.74, 6) is -2.07. The van der Waals surface area contributed by atoms with Crippen molar-refractivity contribution < 1.29 is 35.9 Å². The van der Waals surface area contributed by atoms with Crippen molar-refractivity contribution in [1.82, 2.24) is 24.6 Å². The second-order valence-electron chi connectivity index (χ2n) is 14.2. The zero-order valence-corrected chi connectivity index (χ0v) is 33.0. The van der Waals surface area contributed by atoms with Gasteiger partial charge in [0.25, 0.3) is 5.56 Å². The Morgan fingerprint density at radius 2 is 1.66 bits per heavy atom. The number of rotatable bonds is 10. The summed E-state index contributed by atoms with van der Waals surface area (Å²) >= 11 is 6.83. The van der Waals surface area contributed by atoms with E-state index in [0.29, 0.717) is 17.4 Å². The van der Waals surface area contributed by atoms with Crippen LogP contribution in [0.5, 0.6) is 5.75 Å². The van der Waals surface area contributed by atoms with Crippen LogP contribution >= 0.6 is 11.6 Å². The molecule has 0 aliphatic carbocycles. The van der Waals surface area contributed by atoms with Gasteiger partial charge in [0.1, 0.15) is 34.6 Å². The molecule has 0 saturated heterocycles. The van der Waals surface area contributed by atoms with Crippen molar-refractivity contribution in [2.45, 2.75) is 52.3 Å². The topological polar surface area (TPSA) is 138 Å². The van der Waals surface area contributed by atoms with Crippen molar-refractivity contribution in [3.05, 3.63) is 122 Å². The van der Waals surface area contributed by atoms with Gasteiger partial charge in [-0.05, 0) is 87.4 Å². The molecule has 6 rings (SSSR count). The Balaban J connectivity index is 1.65. The van der Waals surface area contributed by atoms with Crippen molar-refractivity contribution >= 4 is 55.3 Å². The fraction of sp³-hybridized carbons (Fsp3) is 0.282. The Morgan fingerprint density at radius 1 is 1.00 bits per heavy atom. The summed E-state index contributed by atoms with van der Waals surface area (Å²) in [7, 11) is -0.972. The van der Waals surface area contributed by atoms with E-state index >= 15 is 4.39 Å². The van der Waals surface area contributed by atoms with Crippen LogP contribution in [0.1, 0.15) is 49.3 Å². The molecule has 0 spiro atoms. The number of hydrogen-bond acceptors (Lipinski definition) is 8. The van der Waals surface area contributed by atoms with E-state index in [4.69, 9.17) is 26.1 Å². The lowest BCUT2D eigenvalue weighted by Crippen LogP contribution is -2.39. The molecule has 0 aliphatic heterocycles. The third-order valence-electron chi connectivity index (χ3n) is 8.88. The maximum absolute atomic E-state index is 15.0. The van der Waals surface area contributed by atoms with E-state index in [-0.39, 0.29) is 68.3 Å². The van der Waals surface area contributed by atoms with Gasteiger partial charge < -0.3 is 14.8 Å². The Kier molecular flexibility index (Phi) is 10.8.